The van der Waals surface area contributed by atoms with Crippen molar-refractivity contribution in [3.05, 3.63) is 45.1 Å². The Kier molecular flexibility index (Phi) is 6.34. The van der Waals surface area contributed by atoms with Gasteiger partial charge in [0.2, 0.25) is 5.91 Å². The van der Waals surface area contributed by atoms with Crippen LogP contribution in [0.4, 0.5) is 0 Å². The van der Waals surface area contributed by atoms with E-state index in [9.17, 15) is 9.59 Å². The summed E-state index contributed by atoms with van der Waals surface area (Å²) in [5, 5.41) is 1.36. The Balaban J connectivity index is 1.27. The van der Waals surface area contributed by atoms with Crippen molar-refractivity contribution in [1.29, 1.82) is 0 Å². The van der Waals surface area contributed by atoms with Crippen LogP contribution >= 0.6 is 23.1 Å². The molecule has 174 valence electrons. The maximum Gasteiger partial charge on any atom is 0.262 e. The van der Waals surface area contributed by atoms with E-state index in [1.54, 1.807) is 27.9 Å². The third kappa shape index (κ3) is 4.36. The summed E-state index contributed by atoms with van der Waals surface area (Å²) in [6.45, 7) is 3.39. The van der Waals surface area contributed by atoms with Crippen LogP contribution in [-0.2, 0) is 24.7 Å². The normalized spacial score (nSPS) is 17.1. The molecule has 1 atom stereocenters. The zero-order valence-electron chi connectivity index (χ0n) is 18.8. The van der Waals surface area contributed by atoms with E-state index in [1.165, 1.54) is 28.6 Å². The Bertz CT molecular complexity index is 1250. The second kappa shape index (κ2) is 9.38. The first-order chi connectivity index (χ1) is 16.0. The molecule has 3 aromatic rings. The molecule has 5 rings (SSSR count). The van der Waals surface area contributed by atoms with Gasteiger partial charge in [-0.05, 0) is 50.3 Å². The highest BCUT2D eigenvalue weighted by Crippen LogP contribution is 2.35. The van der Waals surface area contributed by atoms with Gasteiger partial charge in [0.25, 0.3) is 5.56 Å². The molecular formula is C24H27N3O4S2. The van der Waals surface area contributed by atoms with Crippen LogP contribution in [-0.4, -0.2) is 51.9 Å². The molecule has 0 fully saturated rings. The van der Waals surface area contributed by atoms with Crippen molar-refractivity contribution in [3.8, 4) is 11.5 Å². The number of ether oxygens (including phenoxy) is 2. The lowest BCUT2D eigenvalue weighted by Crippen LogP contribution is -2.44. The van der Waals surface area contributed by atoms with Crippen molar-refractivity contribution in [1.82, 2.24) is 14.5 Å². The number of thiophene rings is 1. The minimum Gasteiger partial charge on any atom is -0.486 e. The van der Waals surface area contributed by atoms with Crippen LogP contribution < -0.4 is 15.0 Å². The van der Waals surface area contributed by atoms with Gasteiger partial charge in [-0.25, -0.2) is 4.98 Å². The number of carbonyl (C=O) groups is 1. The van der Waals surface area contributed by atoms with E-state index in [0.29, 0.717) is 30.6 Å². The molecule has 0 saturated carbocycles. The number of benzene rings is 1. The molecule has 0 unspecified atom stereocenters. The molecule has 9 heteroatoms. The summed E-state index contributed by atoms with van der Waals surface area (Å²) in [4.78, 5) is 34.7. The maximum atomic E-state index is 13.1. The standard InChI is InChI=1S/C24H27N3O4S2/c1-3-27(12-15-13-30-17-9-5-6-10-18(17)31-15)20(28)14-32-24-25-22-21(23(29)26(24)2)16-8-4-7-11-19(16)33-22/h5-6,9-10,15H,3-4,7-8,11-14H2,1-2H3/t15-/m0/s1. The van der Waals surface area contributed by atoms with Crippen LogP contribution in [0.3, 0.4) is 0 Å². The molecule has 2 aromatic heterocycles. The Morgan fingerprint density at radius 2 is 2.06 bits per heavy atom. The smallest absolute Gasteiger partial charge is 0.262 e. The lowest BCUT2D eigenvalue weighted by atomic mass is 9.97. The van der Waals surface area contributed by atoms with Gasteiger partial charge < -0.3 is 14.4 Å². The van der Waals surface area contributed by atoms with Crippen molar-refractivity contribution >= 4 is 39.2 Å². The van der Waals surface area contributed by atoms with Crippen LogP contribution in [0.15, 0.2) is 34.2 Å². The molecule has 1 aliphatic heterocycles. The van der Waals surface area contributed by atoms with Gasteiger partial charge in [-0.3, -0.25) is 14.2 Å². The van der Waals surface area contributed by atoms with Gasteiger partial charge in [0.15, 0.2) is 22.8 Å². The number of amides is 1. The molecule has 1 amide bonds. The number of thioether (sulfide) groups is 1. The molecule has 0 radical (unpaired) electrons. The average molecular weight is 486 g/mol. The lowest BCUT2D eigenvalue weighted by Gasteiger charge is -2.30. The van der Waals surface area contributed by atoms with Gasteiger partial charge >= 0.3 is 0 Å². The Morgan fingerprint density at radius 3 is 2.88 bits per heavy atom. The van der Waals surface area contributed by atoms with Crippen molar-refractivity contribution in [2.24, 2.45) is 7.05 Å². The molecule has 2 aliphatic rings. The minimum absolute atomic E-state index is 0.00637. The van der Waals surface area contributed by atoms with Crippen molar-refractivity contribution in [2.75, 3.05) is 25.4 Å². The molecule has 7 nitrogen and oxygen atoms in total. The largest absolute Gasteiger partial charge is 0.486 e. The highest BCUT2D eigenvalue weighted by molar-refractivity contribution is 7.99. The predicted octanol–water partition coefficient (Wildman–Crippen LogP) is 3.65. The number of carbonyl (C=O) groups excluding carboxylic acids is 1. The molecule has 0 N–H and O–H groups in total. The highest BCUT2D eigenvalue weighted by Gasteiger charge is 2.26. The summed E-state index contributed by atoms with van der Waals surface area (Å²) in [6, 6.07) is 7.57. The van der Waals surface area contributed by atoms with E-state index >= 15 is 0 Å². The van der Waals surface area contributed by atoms with E-state index in [2.05, 4.69) is 0 Å². The Hall–Kier alpha value is -2.52. The van der Waals surface area contributed by atoms with Crippen molar-refractivity contribution < 1.29 is 14.3 Å². The number of rotatable bonds is 6. The number of fused-ring (bicyclic) bond motifs is 4. The maximum absolute atomic E-state index is 13.1. The fourth-order valence-electron chi connectivity index (χ4n) is 4.42. The number of nitrogens with zero attached hydrogens (tertiary/aromatic N) is 3. The lowest BCUT2D eigenvalue weighted by molar-refractivity contribution is -0.129. The van der Waals surface area contributed by atoms with E-state index in [-0.39, 0.29) is 23.3 Å². The number of likely N-dealkylation sites (N-methyl/N-ethyl adjacent to an activating group) is 1. The highest BCUT2D eigenvalue weighted by atomic mass is 32.2. The number of aryl methyl sites for hydroxylation is 2. The zero-order valence-corrected chi connectivity index (χ0v) is 20.5. The van der Waals surface area contributed by atoms with Crippen LogP contribution in [0.25, 0.3) is 10.2 Å². The first-order valence-electron chi connectivity index (χ1n) is 11.4. The fraction of sp³-hybridized carbons (Fsp3) is 0.458. The number of para-hydroxylation sites is 2. The van der Waals surface area contributed by atoms with Gasteiger partial charge in [0.1, 0.15) is 11.4 Å². The van der Waals surface area contributed by atoms with E-state index < -0.39 is 0 Å². The SMILES string of the molecule is CCN(C[C@H]1COc2ccccc2O1)C(=O)CSc1nc2sc3c(c2c(=O)n1C)CCCC3. The van der Waals surface area contributed by atoms with Crippen LogP contribution in [0, 0.1) is 0 Å². The van der Waals surface area contributed by atoms with Crippen LogP contribution in [0.2, 0.25) is 0 Å². The molecule has 33 heavy (non-hydrogen) atoms. The summed E-state index contributed by atoms with van der Waals surface area (Å²) in [5.41, 5.74) is 1.18. The van der Waals surface area contributed by atoms with Gasteiger partial charge in [-0.1, -0.05) is 23.9 Å². The first kappa shape index (κ1) is 22.3. The summed E-state index contributed by atoms with van der Waals surface area (Å²) in [6.07, 6.45) is 4.07. The van der Waals surface area contributed by atoms with E-state index in [0.717, 1.165) is 35.2 Å². The van der Waals surface area contributed by atoms with Crippen LogP contribution in [0.1, 0.15) is 30.2 Å². The molecule has 0 saturated heterocycles. The Morgan fingerprint density at radius 1 is 1.27 bits per heavy atom. The van der Waals surface area contributed by atoms with Crippen molar-refractivity contribution in [3.63, 3.8) is 0 Å². The number of hydrogen-bond donors (Lipinski definition) is 0. The fourth-order valence-corrected chi connectivity index (χ4v) is 6.60. The minimum atomic E-state index is -0.218. The molecule has 0 bridgehead atoms. The van der Waals surface area contributed by atoms with Gasteiger partial charge in [-0.15, -0.1) is 11.3 Å². The summed E-state index contributed by atoms with van der Waals surface area (Å²) in [5.74, 6) is 1.65. The quantitative estimate of drug-likeness (QED) is 0.392. The van der Waals surface area contributed by atoms with Gasteiger partial charge in [0, 0.05) is 18.5 Å². The van der Waals surface area contributed by atoms with Gasteiger partial charge in [0.05, 0.1) is 17.7 Å². The summed E-state index contributed by atoms with van der Waals surface area (Å²) < 4.78 is 13.4. The third-order valence-electron chi connectivity index (χ3n) is 6.21. The zero-order chi connectivity index (χ0) is 22.9. The molecule has 1 aliphatic carbocycles. The second-order valence-electron chi connectivity index (χ2n) is 8.37. The molecule has 0 spiro atoms. The molecular weight excluding hydrogens is 458 g/mol. The molecule has 1 aromatic carbocycles. The topological polar surface area (TPSA) is 73.7 Å². The predicted molar refractivity (Wildman–Crippen MR) is 131 cm³/mol. The number of aromatic nitrogens is 2. The number of hydrogen-bond acceptors (Lipinski definition) is 7. The first-order valence-corrected chi connectivity index (χ1v) is 13.2. The second-order valence-corrected chi connectivity index (χ2v) is 10.4. The van der Waals surface area contributed by atoms with Crippen molar-refractivity contribution in [2.45, 2.75) is 43.9 Å². The summed E-state index contributed by atoms with van der Waals surface area (Å²) in [7, 11) is 1.75. The summed E-state index contributed by atoms with van der Waals surface area (Å²) >= 11 is 2.96. The third-order valence-corrected chi connectivity index (χ3v) is 8.41. The molecule has 3 heterocycles. The van der Waals surface area contributed by atoms with E-state index in [4.69, 9.17) is 14.5 Å². The van der Waals surface area contributed by atoms with Gasteiger partial charge in [-0.2, -0.15) is 0 Å². The Labute approximate surface area is 200 Å². The van der Waals surface area contributed by atoms with Crippen LogP contribution in [0.5, 0.6) is 11.5 Å². The van der Waals surface area contributed by atoms with E-state index in [1.807, 2.05) is 31.2 Å². The average Bonchev–Trinajstić information content (AvgIpc) is 3.22. The monoisotopic (exact) mass is 485 g/mol.